The Kier molecular flexibility index (Phi) is 10.7. The quantitative estimate of drug-likeness (QED) is 0.117. The molecule has 0 radical (unpaired) electrons. The molecule has 2 N–H and O–H groups in total. The molecular weight excluding hydrogens is 826 g/mol. The van der Waals surface area contributed by atoms with Crippen LogP contribution in [0.2, 0.25) is 25.7 Å². The number of anilines is 3. The number of nitrogens with one attached hydrogen (secondary N) is 2. The molecule has 3 amide bonds. The van der Waals surface area contributed by atoms with E-state index in [1.54, 1.807) is 30.3 Å². The van der Waals surface area contributed by atoms with Crippen LogP contribution in [0.15, 0.2) is 68.0 Å². The summed E-state index contributed by atoms with van der Waals surface area (Å²) in [6.45, 7) is 6.97. The van der Waals surface area contributed by atoms with Crippen molar-refractivity contribution in [1.82, 2.24) is 0 Å². The van der Waals surface area contributed by atoms with E-state index >= 15 is 0 Å². The maximum Gasteiger partial charge on any atom is 0.352 e. The fourth-order valence-electron chi connectivity index (χ4n) is 4.37. The van der Waals surface area contributed by atoms with Gasteiger partial charge in [0.2, 0.25) is 0 Å². The van der Waals surface area contributed by atoms with Gasteiger partial charge in [-0.1, -0.05) is 67.4 Å². The van der Waals surface area contributed by atoms with E-state index in [-0.39, 0.29) is 29.2 Å². The highest BCUT2D eigenvalue weighted by molar-refractivity contribution is 9.11. The van der Waals surface area contributed by atoms with E-state index in [1.807, 2.05) is 0 Å². The number of fused-ring (bicyclic) bond motifs is 3. The third-order valence-corrected chi connectivity index (χ3v) is 10.0. The lowest BCUT2D eigenvalue weighted by Crippen LogP contribution is -2.36. The second-order valence-electron chi connectivity index (χ2n) is 11.5. The summed E-state index contributed by atoms with van der Waals surface area (Å²) in [7, 11) is -1.24. The van der Waals surface area contributed by atoms with E-state index in [1.165, 1.54) is 24.3 Å². The lowest BCUT2D eigenvalue weighted by atomic mass is 10.1. The van der Waals surface area contributed by atoms with Gasteiger partial charge in [-0.15, -0.1) is 0 Å². The molecule has 244 valence electrons. The van der Waals surface area contributed by atoms with Crippen LogP contribution in [0.1, 0.15) is 21.5 Å². The highest BCUT2D eigenvalue weighted by atomic mass is 79.9. The summed E-state index contributed by atoms with van der Waals surface area (Å²) < 4.78 is 61.4. The summed E-state index contributed by atoms with van der Waals surface area (Å²) >= 11 is 9.44. The van der Waals surface area contributed by atoms with Crippen molar-refractivity contribution in [2.24, 2.45) is 0 Å². The Balaban J connectivity index is 0.000000165. The maximum atomic E-state index is 14.0. The lowest BCUT2D eigenvalue weighted by Gasteiger charge is -2.20. The number of hydrogen-bond acceptors (Lipinski definition) is 5. The highest BCUT2D eigenvalue weighted by Crippen LogP contribution is 2.45. The summed E-state index contributed by atoms with van der Waals surface area (Å²) in [6.07, 6.45) is 0. The van der Waals surface area contributed by atoms with Crippen LogP contribution in [0.4, 0.5) is 34.6 Å². The second kappa shape index (κ2) is 13.7. The highest BCUT2D eigenvalue weighted by Gasteiger charge is 2.53. The largest absolute Gasteiger partial charge is 0.361 e. The Morgan fingerprint density at radius 3 is 1.96 bits per heavy atom. The van der Waals surface area contributed by atoms with E-state index in [0.717, 1.165) is 15.4 Å². The van der Waals surface area contributed by atoms with Gasteiger partial charge in [0.15, 0.2) is 0 Å². The van der Waals surface area contributed by atoms with Gasteiger partial charge in [-0.05, 0) is 60.6 Å². The van der Waals surface area contributed by atoms with Crippen molar-refractivity contribution in [2.75, 3.05) is 28.9 Å². The van der Waals surface area contributed by atoms with Crippen LogP contribution in [-0.2, 0) is 31.0 Å². The maximum absolute atomic E-state index is 14.0. The van der Waals surface area contributed by atoms with Crippen molar-refractivity contribution >= 4 is 96.4 Å². The molecule has 3 heterocycles. The number of carbonyl (C=O) groups is 4. The van der Waals surface area contributed by atoms with Crippen LogP contribution >= 0.6 is 47.8 Å². The number of halogens is 7. The molecule has 0 aliphatic carbocycles. The molecule has 3 aromatic rings. The number of ether oxygens (including phenoxy) is 1. The Bertz CT molecular complexity index is 1740. The van der Waals surface area contributed by atoms with E-state index in [2.05, 4.69) is 78.1 Å². The number of ketones is 1. The van der Waals surface area contributed by atoms with Crippen LogP contribution in [0.5, 0.6) is 0 Å². The summed E-state index contributed by atoms with van der Waals surface area (Å²) in [6, 6.07) is 14.8. The zero-order chi connectivity index (χ0) is 34.2. The molecule has 6 rings (SSSR count). The monoisotopic (exact) mass is 849 g/mol. The molecule has 3 aromatic carbocycles. The first-order valence-electron chi connectivity index (χ1n) is 13.5. The smallest absolute Gasteiger partial charge is 0.352 e. The van der Waals surface area contributed by atoms with Gasteiger partial charge in [-0.2, -0.15) is 17.6 Å². The van der Waals surface area contributed by atoms with E-state index in [0.29, 0.717) is 26.8 Å². The molecule has 0 atom stereocenters. The molecule has 0 bridgehead atoms. The zero-order valence-corrected chi connectivity index (χ0v) is 30.2. The van der Waals surface area contributed by atoms with Gasteiger partial charge >= 0.3 is 17.8 Å². The van der Waals surface area contributed by atoms with Crippen LogP contribution < -0.4 is 15.5 Å². The average Bonchev–Trinajstić information content (AvgIpc) is 3.45. The minimum atomic E-state index is -3.48. The number of Topliss-reactive ketones (excluding diaryl/α,β-unsaturated/α-hetero) is 1. The predicted octanol–water partition coefficient (Wildman–Crippen LogP) is 8.28. The SMILES string of the molecule is C[Si](C)(C)CCOCN1C(=O)C(F)(F)c2cc(Br)ccc21.O=C1Nc2ccc(Br)cc2C1(F)F.O=C1Nc2ccc(Br)cc2C1=O. The number of rotatable bonds is 5. The summed E-state index contributed by atoms with van der Waals surface area (Å²) in [4.78, 5) is 45.7. The number of carbonyl (C=O) groups excluding carboxylic acids is 4. The van der Waals surface area contributed by atoms with Crippen molar-refractivity contribution in [1.29, 1.82) is 0 Å². The third kappa shape index (κ3) is 7.78. The van der Waals surface area contributed by atoms with E-state index in [9.17, 15) is 36.7 Å². The Hall–Kier alpha value is -2.92. The van der Waals surface area contributed by atoms with Gasteiger partial charge in [0.05, 0.1) is 33.8 Å². The van der Waals surface area contributed by atoms with Crippen molar-refractivity contribution in [3.8, 4) is 0 Å². The molecule has 46 heavy (non-hydrogen) atoms. The van der Waals surface area contributed by atoms with E-state index in [4.69, 9.17) is 4.74 Å². The predicted molar refractivity (Wildman–Crippen MR) is 178 cm³/mol. The molecule has 16 heteroatoms. The van der Waals surface area contributed by atoms with Crippen LogP contribution in [0.25, 0.3) is 0 Å². The fourth-order valence-corrected chi connectivity index (χ4v) is 6.21. The third-order valence-electron chi connectivity index (χ3n) is 6.85. The zero-order valence-electron chi connectivity index (χ0n) is 24.5. The molecule has 0 saturated carbocycles. The van der Waals surface area contributed by atoms with Gasteiger partial charge in [0, 0.05) is 28.1 Å². The Labute approximate surface area is 287 Å². The van der Waals surface area contributed by atoms with Crippen molar-refractivity contribution in [2.45, 2.75) is 37.5 Å². The van der Waals surface area contributed by atoms with Gasteiger partial charge in [0.1, 0.15) is 6.73 Å². The van der Waals surface area contributed by atoms with Gasteiger partial charge in [0.25, 0.3) is 17.6 Å². The van der Waals surface area contributed by atoms with Crippen molar-refractivity contribution in [3.63, 3.8) is 0 Å². The molecule has 0 fully saturated rings. The molecule has 0 saturated heterocycles. The second-order valence-corrected chi connectivity index (χ2v) is 19.9. The molecule has 3 aliphatic rings. The first-order valence-corrected chi connectivity index (χ1v) is 19.6. The topological polar surface area (TPSA) is 105 Å². The lowest BCUT2D eigenvalue weighted by molar-refractivity contribution is -0.142. The standard InChI is InChI=1S/C14H18BrF2NO2Si.C8H4BrF2NO.C8H4BrNO2/c1-21(2,3)7-6-20-9-18-12-5-4-10(15)8-11(12)14(16,17)13(18)19;9-4-1-2-6-5(3-4)8(10,11)7(13)12-6;9-4-1-2-6-5(3-4)7(11)8(12)10-6/h4-5,8H,6-7,9H2,1-3H3;1-3H,(H,12,13);1-3H,(H,10,11,12). The van der Waals surface area contributed by atoms with Gasteiger partial charge in [-0.25, -0.2) is 0 Å². The van der Waals surface area contributed by atoms with Gasteiger partial charge < -0.3 is 15.4 Å². The average molecular weight is 852 g/mol. The summed E-state index contributed by atoms with van der Waals surface area (Å²) in [5.41, 5.74) is 0.893. The molecular formula is C30H26Br3F4N3O5Si. The molecule has 0 spiro atoms. The molecule has 8 nitrogen and oxygen atoms in total. The van der Waals surface area contributed by atoms with Gasteiger partial charge in [-0.3, -0.25) is 24.1 Å². The molecule has 3 aliphatic heterocycles. The number of amides is 3. The first-order chi connectivity index (χ1) is 21.3. The number of benzene rings is 3. The minimum Gasteiger partial charge on any atom is -0.361 e. The Morgan fingerprint density at radius 1 is 0.761 bits per heavy atom. The minimum absolute atomic E-state index is 0.131. The van der Waals surface area contributed by atoms with Crippen LogP contribution in [0, 0.1) is 0 Å². The van der Waals surface area contributed by atoms with Crippen LogP contribution in [0.3, 0.4) is 0 Å². The first kappa shape index (κ1) is 35.9. The normalized spacial score (nSPS) is 16.8. The summed E-state index contributed by atoms with van der Waals surface area (Å²) in [5.74, 6) is -10.4. The Morgan fingerprint density at radius 2 is 1.33 bits per heavy atom. The molecule has 0 unspecified atom stereocenters. The van der Waals surface area contributed by atoms with Crippen molar-refractivity contribution in [3.05, 3.63) is 84.7 Å². The van der Waals surface area contributed by atoms with Crippen molar-refractivity contribution < 1.29 is 41.5 Å². The number of nitrogens with zero attached hydrogens (tertiary/aromatic N) is 1. The molecule has 0 aromatic heterocycles. The number of hydrogen-bond donors (Lipinski definition) is 2. The number of alkyl halides is 4. The van der Waals surface area contributed by atoms with Crippen LogP contribution in [-0.4, -0.2) is 44.9 Å². The van der Waals surface area contributed by atoms with E-state index < -0.39 is 43.4 Å². The fraction of sp³-hybridized carbons (Fsp3) is 0.267. The summed E-state index contributed by atoms with van der Waals surface area (Å²) in [5, 5.41) is 4.57.